The van der Waals surface area contributed by atoms with Crippen LogP contribution < -0.4 is 5.32 Å². The predicted molar refractivity (Wildman–Crippen MR) is 50.8 cm³/mol. The Hall–Kier alpha value is 0.310. The van der Waals surface area contributed by atoms with Gasteiger partial charge in [0.15, 0.2) is 0 Å². The van der Waals surface area contributed by atoms with Gasteiger partial charge in [0.2, 0.25) is 0 Å². The van der Waals surface area contributed by atoms with E-state index in [1.807, 2.05) is 0 Å². The molecular formula is C9H17NS. The zero-order chi connectivity index (χ0) is 7.90. The van der Waals surface area contributed by atoms with Crippen LogP contribution in [0.5, 0.6) is 0 Å². The summed E-state index contributed by atoms with van der Waals surface area (Å²) in [5.41, 5.74) is 0. The lowest BCUT2D eigenvalue weighted by atomic mass is 10.1. The summed E-state index contributed by atoms with van der Waals surface area (Å²) in [6.45, 7) is 5.86. The Kier molecular flexibility index (Phi) is 1.92. The van der Waals surface area contributed by atoms with Crippen LogP contribution in [0.3, 0.4) is 0 Å². The normalized spacial score (nSPS) is 44.7. The summed E-state index contributed by atoms with van der Waals surface area (Å²) in [6, 6.07) is 0. The first kappa shape index (κ1) is 7.93. The molecule has 64 valence electrons. The van der Waals surface area contributed by atoms with E-state index in [0.29, 0.717) is 4.87 Å². The number of rotatable bonds is 2. The molecule has 0 radical (unpaired) electrons. The van der Waals surface area contributed by atoms with Crippen LogP contribution in [0.1, 0.15) is 33.1 Å². The van der Waals surface area contributed by atoms with Crippen molar-refractivity contribution in [1.82, 2.24) is 5.32 Å². The van der Waals surface area contributed by atoms with Gasteiger partial charge in [0.25, 0.3) is 0 Å². The second-order valence-corrected chi connectivity index (χ2v) is 5.60. The minimum atomic E-state index is 0.486. The second kappa shape index (κ2) is 2.67. The first-order chi connectivity index (χ1) is 5.27. The molecule has 11 heavy (non-hydrogen) atoms. The highest BCUT2D eigenvalue weighted by Crippen LogP contribution is 2.51. The highest BCUT2D eigenvalue weighted by molar-refractivity contribution is 8.01. The van der Waals surface area contributed by atoms with Gasteiger partial charge >= 0.3 is 0 Å². The SMILES string of the molecule is CCC1(C2CC2)NCC(C)S1. The lowest BCUT2D eigenvalue weighted by Gasteiger charge is -2.27. The first-order valence-electron chi connectivity index (χ1n) is 4.69. The monoisotopic (exact) mass is 171 g/mol. The largest absolute Gasteiger partial charge is 0.301 e. The van der Waals surface area contributed by atoms with Gasteiger partial charge < -0.3 is 5.32 Å². The number of hydrogen-bond acceptors (Lipinski definition) is 2. The molecule has 0 amide bonds. The molecule has 2 unspecified atom stereocenters. The quantitative estimate of drug-likeness (QED) is 0.684. The lowest BCUT2D eigenvalue weighted by Crippen LogP contribution is -2.38. The van der Waals surface area contributed by atoms with Crippen molar-refractivity contribution in [2.45, 2.75) is 43.2 Å². The predicted octanol–water partition coefficient (Wildman–Crippen LogP) is 2.23. The van der Waals surface area contributed by atoms with E-state index in [-0.39, 0.29) is 0 Å². The van der Waals surface area contributed by atoms with Gasteiger partial charge in [0.05, 0.1) is 4.87 Å². The Morgan fingerprint density at radius 3 is 2.64 bits per heavy atom. The summed E-state index contributed by atoms with van der Waals surface area (Å²) < 4.78 is 0. The fraction of sp³-hybridized carbons (Fsp3) is 1.00. The first-order valence-corrected chi connectivity index (χ1v) is 5.57. The van der Waals surface area contributed by atoms with Crippen molar-refractivity contribution >= 4 is 11.8 Å². The third-order valence-electron chi connectivity index (χ3n) is 2.86. The highest BCUT2D eigenvalue weighted by atomic mass is 32.2. The van der Waals surface area contributed by atoms with Crippen molar-refractivity contribution in [3.8, 4) is 0 Å². The molecule has 0 aromatic carbocycles. The van der Waals surface area contributed by atoms with E-state index in [4.69, 9.17) is 0 Å². The summed E-state index contributed by atoms with van der Waals surface area (Å²) in [5.74, 6) is 0.988. The molecular weight excluding hydrogens is 154 g/mol. The smallest absolute Gasteiger partial charge is 0.0674 e. The molecule has 2 rings (SSSR count). The van der Waals surface area contributed by atoms with Crippen LogP contribution in [-0.2, 0) is 0 Å². The van der Waals surface area contributed by atoms with E-state index in [9.17, 15) is 0 Å². The summed E-state index contributed by atoms with van der Waals surface area (Å²) >= 11 is 2.17. The minimum Gasteiger partial charge on any atom is -0.301 e. The maximum absolute atomic E-state index is 3.69. The summed E-state index contributed by atoms with van der Waals surface area (Å²) in [6.07, 6.45) is 4.22. The number of hydrogen-bond donors (Lipinski definition) is 1. The van der Waals surface area contributed by atoms with Crippen LogP contribution in [0.2, 0.25) is 0 Å². The van der Waals surface area contributed by atoms with Crippen molar-refractivity contribution in [3.05, 3.63) is 0 Å². The van der Waals surface area contributed by atoms with E-state index in [2.05, 4.69) is 30.9 Å². The van der Waals surface area contributed by atoms with Gasteiger partial charge in [-0.05, 0) is 25.2 Å². The fourth-order valence-corrected chi connectivity index (χ4v) is 3.69. The van der Waals surface area contributed by atoms with Crippen LogP contribution >= 0.6 is 11.8 Å². The lowest BCUT2D eigenvalue weighted by molar-refractivity contribution is 0.431. The van der Waals surface area contributed by atoms with Gasteiger partial charge in [-0.1, -0.05) is 13.8 Å². The average Bonchev–Trinajstić information content (AvgIpc) is 2.77. The van der Waals surface area contributed by atoms with Gasteiger partial charge in [0.1, 0.15) is 0 Å². The summed E-state index contributed by atoms with van der Waals surface area (Å²) in [4.78, 5) is 0.486. The third-order valence-corrected chi connectivity index (χ3v) is 4.62. The average molecular weight is 171 g/mol. The summed E-state index contributed by atoms with van der Waals surface area (Å²) in [5, 5.41) is 4.52. The van der Waals surface area contributed by atoms with Gasteiger partial charge in [-0.15, -0.1) is 11.8 Å². The third kappa shape index (κ3) is 1.31. The molecule has 1 aliphatic carbocycles. The van der Waals surface area contributed by atoms with Gasteiger partial charge in [-0.3, -0.25) is 0 Å². The van der Waals surface area contributed by atoms with E-state index < -0.39 is 0 Å². The van der Waals surface area contributed by atoms with Crippen molar-refractivity contribution in [2.24, 2.45) is 5.92 Å². The highest BCUT2D eigenvalue weighted by Gasteiger charge is 2.47. The molecule has 0 aromatic rings. The Morgan fingerprint density at radius 1 is 1.55 bits per heavy atom. The van der Waals surface area contributed by atoms with Gasteiger partial charge in [0, 0.05) is 11.8 Å². The minimum absolute atomic E-state index is 0.486. The molecule has 2 atom stereocenters. The maximum atomic E-state index is 3.69. The standard InChI is InChI=1S/C9H17NS/c1-3-9(8-4-5-8)10-6-7(2)11-9/h7-8,10H,3-6H2,1-2H3. The molecule has 0 spiro atoms. The Labute approximate surface area is 73.3 Å². The topological polar surface area (TPSA) is 12.0 Å². The van der Waals surface area contributed by atoms with E-state index >= 15 is 0 Å². The van der Waals surface area contributed by atoms with E-state index in [0.717, 1.165) is 11.2 Å². The van der Waals surface area contributed by atoms with E-state index in [1.165, 1.54) is 25.8 Å². The number of nitrogens with one attached hydrogen (secondary N) is 1. The number of thioether (sulfide) groups is 1. The summed E-state index contributed by atoms with van der Waals surface area (Å²) in [7, 11) is 0. The van der Waals surface area contributed by atoms with E-state index in [1.54, 1.807) is 0 Å². The zero-order valence-corrected chi connectivity index (χ0v) is 8.21. The fourth-order valence-electron chi connectivity index (χ4n) is 2.05. The van der Waals surface area contributed by atoms with Crippen LogP contribution in [-0.4, -0.2) is 16.7 Å². The maximum Gasteiger partial charge on any atom is 0.0674 e. The molecule has 2 heteroatoms. The zero-order valence-electron chi connectivity index (χ0n) is 7.39. The molecule has 2 aliphatic rings. The van der Waals surface area contributed by atoms with Crippen molar-refractivity contribution < 1.29 is 0 Å². The molecule has 0 bridgehead atoms. The molecule has 1 saturated carbocycles. The molecule has 1 saturated heterocycles. The molecule has 1 N–H and O–H groups in total. The van der Waals surface area contributed by atoms with Gasteiger partial charge in [-0.2, -0.15) is 0 Å². The Balaban J connectivity index is 2.05. The molecule has 2 fully saturated rings. The van der Waals surface area contributed by atoms with Crippen molar-refractivity contribution in [1.29, 1.82) is 0 Å². The van der Waals surface area contributed by atoms with Gasteiger partial charge in [-0.25, -0.2) is 0 Å². The molecule has 0 aromatic heterocycles. The van der Waals surface area contributed by atoms with Crippen LogP contribution in [0.15, 0.2) is 0 Å². The second-order valence-electron chi connectivity index (χ2n) is 3.83. The van der Waals surface area contributed by atoms with Crippen LogP contribution in [0.4, 0.5) is 0 Å². The molecule has 1 aliphatic heterocycles. The Bertz CT molecular complexity index is 156. The Morgan fingerprint density at radius 2 is 2.27 bits per heavy atom. The van der Waals surface area contributed by atoms with Crippen LogP contribution in [0.25, 0.3) is 0 Å². The van der Waals surface area contributed by atoms with Crippen LogP contribution in [0, 0.1) is 5.92 Å². The molecule has 1 heterocycles. The van der Waals surface area contributed by atoms with Crippen molar-refractivity contribution in [2.75, 3.05) is 6.54 Å². The molecule has 1 nitrogen and oxygen atoms in total. The van der Waals surface area contributed by atoms with Crippen molar-refractivity contribution in [3.63, 3.8) is 0 Å².